The van der Waals surface area contributed by atoms with Gasteiger partial charge in [0.05, 0.1) is 19.3 Å². The molecule has 0 bridgehead atoms. The Hall–Kier alpha value is -2.56. The fourth-order valence-electron chi connectivity index (χ4n) is 2.65. The predicted molar refractivity (Wildman–Crippen MR) is 77.4 cm³/mol. The molecule has 1 heterocycles. The molecule has 0 saturated heterocycles. The van der Waals surface area contributed by atoms with Crippen molar-refractivity contribution in [1.29, 1.82) is 0 Å². The third kappa shape index (κ3) is 2.54. The Morgan fingerprint density at radius 2 is 2.24 bits per heavy atom. The first kappa shape index (κ1) is 13.4. The molecule has 0 fully saturated rings. The Morgan fingerprint density at radius 3 is 2.95 bits per heavy atom. The minimum atomic E-state index is -0.223. The Labute approximate surface area is 122 Å². The van der Waals surface area contributed by atoms with E-state index in [9.17, 15) is 9.90 Å². The third-order valence-corrected chi connectivity index (χ3v) is 3.76. The fourth-order valence-corrected chi connectivity index (χ4v) is 2.65. The zero-order valence-electron chi connectivity index (χ0n) is 11.7. The fraction of sp³-hybridized carbons (Fsp3) is 0.250. The average molecular weight is 284 g/mol. The van der Waals surface area contributed by atoms with Crippen LogP contribution in [0.4, 0.5) is 0 Å². The van der Waals surface area contributed by atoms with Gasteiger partial charge in [-0.1, -0.05) is 12.1 Å². The number of phenols is 1. The number of aromatic hydroxyl groups is 1. The Bertz CT molecular complexity index is 668. The van der Waals surface area contributed by atoms with E-state index < -0.39 is 0 Å². The third-order valence-electron chi connectivity index (χ3n) is 3.76. The van der Waals surface area contributed by atoms with Gasteiger partial charge in [-0.25, -0.2) is 4.98 Å². The number of amides is 1. The lowest BCUT2D eigenvalue weighted by Crippen LogP contribution is -2.27. The highest BCUT2D eigenvalue weighted by molar-refractivity contribution is 5.92. The number of aromatic nitrogens is 1. The molecule has 0 saturated carbocycles. The van der Waals surface area contributed by atoms with Crippen LogP contribution in [0.25, 0.3) is 0 Å². The first-order chi connectivity index (χ1) is 10.2. The van der Waals surface area contributed by atoms with Crippen LogP contribution in [0.3, 0.4) is 0 Å². The second-order valence-corrected chi connectivity index (χ2v) is 4.99. The molecular weight excluding hydrogens is 268 g/mol. The molecule has 5 heteroatoms. The molecule has 21 heavy (non-hydrogen) atoms. The lowest BCUT2D eigenvalue weighted by molar-refractivity contribution is 0.0931. The van der Waals surface area contributed by atoms with E-state index in [1.54, 1.807) is 31.4 Å². The molecule has 0 spiro atoms. The number of carbonyl (C=O) groups is 1. The summed E-state index contributed by atoms with van der Waals surface area (Å²) >= 11 is 0. The van der Waals surface area contributed by atoms with E-state index in [0.717, 1.165) is 24.0 Å². The number of benzene rings is 1. The Morgan fingerprint density at radius 1 is 1.38 bits per heavy atom. The van der Waals surface area contributed by atoms with Crippen molar-refractivity contribution in [2.45, 2.75) is 18.9 Å². The molecule has 5 nitrogen and oxygen atoms in total. The van der Waals surface area contributed by atoms with E-state index >= 15 is 0 Å². The molecule has 2 aromatic rings. The first-order valence-corrected chi connectivity index (χ1v) is 6.80. The van der Waals surface area contributed by atoms with Gasteiger partial charge in [-0.15, -0.1) is 0 Å². The van der Waals surface area contributed by atoms with Gasteiger partial charge < -0.3 is 15.2 Å². The molecule has 0 radical (unpaired) electrons. The van der Waals surface area contributed by atoms with Crippen molar-refractivity contribution in [3.8, 4) is 11.5 Å². The van der Waals surface area contributed by atoms with E-state index in [4.69, 9.17) is 4.74 Å². The van der Waals surface area contributed by atoms with E-state index in [1.807, 2.05) is 6.07 Å². The molecule has 2 N–H and O–H groups in total. The number of hydrogen-bond donors (Lipinski definition) is 2. The van der Waals surface area contributed by atoms with Crippen LogP contribution in [0, 0.1) is 0 Å². The molecular formula is C16H16N2O3. The Kier molecular flexibility index (Phi) is 3.48. The first-order valence-electron chi connectivity index (χ1n) is 6.80. The summed E-state index contributed by atoms with van der Waals surface area (Å²) in [5.74, 6) is 0.688. The van der Waals surface area contributed by atoms with Gasteiger partial charge in [0, 0.05) is 0 Å². The zero-order valence-corrected chi connectivity index (χ0v) is 11.7. The average Bonchev–Trinajstić information content (AvgIpc) is 2.92. The molecule has 3 rings (SSSR count). The number of ether oxygens (including phenoxy) is 1. The highest BCUT2D eigenvalue weighted by Gasteiger charge is 2.26. The lowest BCUT2D eigenvalue weighted by Gasteiger charge is -2.14. The highest BCUT2D eigenvalue weighted by atomic mass is 16.5. The van der Waals surface area contributed by atoms with Gasteiger partial charge in [-0.3, -0.25) is 4.79 Å². The number of pyridine rings is 1. The van der Waals surface area contributed by atoms with Crippen molar-refractivity contribution >= 4 is 5.91 Å². The maximum Gasteiger partial charge on any atom is 0.270 e. The number of hydrogen-bond acceptors (Lipinski definition) is 4. The van der Waals surface area contributed by atoms with Crippen LogP contribution < -0.4 is 10.1 Å². The molecule has 1 aliphatic rings. The number of rotatable bonds is 3. The normalized spacial score (nSPS) is 16.3. The number of methoxy groups -OCH3 is 1. The summed E-state index contributed by atoms with van der Waals surface area (Å²) in [5.41, 5.74) is 2.26. The molecule has 1 unspecified atom stereocenters. The van der Waals surface area contributed by atoms with Crippen molar-refractivity contribution in [1.82, 2.24) is 10.3 Å². The van der Waals surface area contributed by atoms with Crippen LogP contribution in [0.15, 0.2) is 36.5 Å². The molecule has 1 aliphatic carbocycles. The molecule has 1 aromatic heterocycles. The summed E-state index contributed by atoms with van der Waals surface area (Å²) in [7, 11) is 1.55. The van der Waals surface area contributed by atoms with Crippen molar-refractivity contribution in [2.75, 3.05) is 7.11 Å². The number of nitrogens with one attached hydrogen (secondary N) is 1. The van der Waals surface area contributed by atoms with Gasteiger partial charge in [-0.05, 0) is 42.2 Å². The lowest BCUT2D eigenvalue weighted by atomic mass is 10.1. The van der Waals surface area contributed by atoms with Crippen molar-refractivity contribution in [2.24, 2.45) is 0 Å². The number of fused-ring (bicyclic) bond motifs is 1. The number of nitrogens with zero attached hydrogens (tertiary/aromatic N) is 1. The van der Waals surface area contributed by atoms with Crippen LogP contribution in [0.2, 0.25) is 0 Å². The molecule has 0 aliphatic heterocycles. The van der Waals surface area contributed by atoms with Gasteiger partial charge in [0.1, 0.15) is 17.2 Å². The van der Waals surface area contributed by atoms with Crippen LogP contribution in [0.1, 0.15) is 34.1 Å². The van der Waals surface area contributed by atoms with Gasteiger partial charge in [0.15, 0.2) is 0 Å². The maximum atomic E-state index is 12.2. The van der Waals surface area contributed by atoms with E-state index in [-0.39, 0.29) is 11.9 Å². The summed E-state index contributed by atoms with van der Waals surface area (Å²) in [4.78, 5) is 16.3. The van der Waals surface area contributed by atoms with Crippen LogP contribution >= 0.6 is 0 Å². The maximum absolute atomic E-state index is 12.2. The SMILES string of the molecule is COc1ccc(C(=O)NC2CCc3c(O)cccc32)nc1. The second kappa shape index (κ2) is 5.44. The smallest absolute Gasteiger partial charge is 0.270 e. The standard InChI is InChI=1S/C16H16N2O3/c1-21-10-5-7-14(17-9-10)16(20)18-13-8-6-12-11(13)3-2-4-15(12)19/h2-5,7,9,13,19H,6,8H2,1H3,(H,18,20). The second-order valence-electron chi connectivity index (χ2n) is 4.99. The highest BCUT2D eigenvalue weighted by Crippen LogP contribution is 2.36. The topological polar surface area (TPSA) is 71.5 Å². The van der Waals surface area contributed by atoms with Crippen molar-refractivity contribution < 1.29 is 14.6 Å². The zero-order chi connectivity index (χ0) is 14.8. The largest absolute Gasteiger partial charge is 0.508 e. The molecule has 108 valence electrons. The quantitative estimate of drug-likeness (QED) is 0.906. The summed E-state index contributed by atoms with van der Waals surface area (Å²) in [6.07, 6.45) is 3.07. The molecule has 1 atom stereocenters. The number of phenolic OH excluding ortho intramolecular Hbond substituents is 1. The minimum Gasteiger partial charge on any atom is -0.508 e. The Balaban J connectivity index is 1.76. The van der Waals surface area contributed by atoms with Gasteiger partial charge in [-0.2, -0.15) is 0 Å². The van der Waals surface area contributed by atoms with E-state index in [2.05, 4.69) is 10.3 Å². The van der Waals surface area contributed by atoms with E-state index in [1.165, 1.54) is 6.20 Å². The summed E-state index contributed by atoms with van der Waals surface area (Å²) < 4.78 is 5.02. The summed E-state index contributed by atoms with van der Waals surface area (Å²) in [6, 6.07) is 8.67. The molecule has 1 aromatic carbocycles. The molecule has 1 amide bonds. The van der Waals surface area contributed by atoms with E-state index in [0.29, 0.717) is 17.2 Å². The number of carbonyl (C=O) groups excluding carboxylic acids is 1. The van der Waals surface area contributed by atoms with Gasteiger partial charge >= 0.3 is 0 Å². The minimum absolute atomic E-state index is 0.0801. The summed E-state index contributed by atoms with van der Waals surface area (Å²) in [5, 5.41) is 12.8. The van der Waals surface area contributed by atoms with Gasteiger partial charge in [0.25, 0.3) is 5.91 Å². The van der Waals surface area contributed by atoms with Crippen LogP contribution in [-0.4, -0.2) is 23.1 Å². The van der Waals surface area contributed by atoms with Crippen LogP contribution in [-0.2, 0) is 6.42 Å². The van der Waals surface area contributed by atoms with Crippen molar-refractivity contribution in [3.63, 3.8) is 0 Å². The monoisotopic (exact) mass is 284 g/mol. The van der Waals surface area contributed by atoms with Crippen molar-refractivity contribution in [3.05, 3.63) is 53.3 Å². The van der Waals surface area contributed by atoms with Crippen LogP contribution in [0.5, 0.6) is 11.5 Å². The van der Waals surface area contributed by atoms with Gasteiger partial charge in [0.2, 0.25) is 0 Å². The summed E-state index contributed by atoms with van der Waals surface area (Å²) in [6.45, 7) is 0. The predicted octanol–water partition coefficient (Wildman–Crippen LogP) is 2.21.